The predicted molar refractivity (Wildman–Crippen MR) is 78.6 cm³/mol. The van der Waals surface area contributed by atoms with Gasteiger partial charge in [-0.15, -0.1) is 0 Å². The lowest BCUT2D eigenvalue weighted by atomic mass is 10.1. The number of nitrogens with zero attached hydrogens (tertiary/aromatic N) is 1. The molecule has 1 heterocycles. The maximum absolute atomic E-state index is 12.4. The van der Waals surface area contributed by atoms with E-state index in [0.717, 1.165) is 15.7 Å². The predicted octanol–water partition coefficient (Wildman–Crippen LogP) is 3.19. The lowest BCUT2D eigenvalue weighted by molar-refractivity contribution is 0.0751. The number of hydrogen-bond donors (Lipinski definition) is 1. The van der Waals surface area contributed by atoms with Gasteiger partial charge in [-0.1, -0.05) is 28.1 Å². The quantitative estimate of drug-likeness (QED) is 0.821. The van der Waals surface area contributed by atoms with Gasteiger partial charge in [0.2, 0.25) is 0 Å². The van der Waals surface area contributed by atoms with Crippen molar-refractivity contribution in [2.75, 3.05) is 5.73 Å². The Labute approximate surface area is 120 Å². The molecule has 0 aliphatic carbocycles. The van der Waals surface area contributed by atoms with E-state index in [0.29, 0.717) is 18.7 Å². The third-order valence-corrected chi connectivity index (χ3v) is 3.80. The van der Waals surface area contributed by atoms with Gasteiger partial charge in [-0.05, 0) is 41.5 Å². The highest BCUT2D eigenvalue weighted by atomic mass is 79.9. The molecular weight excluding hydrogens is 304 g/mol. The zero-order chi connectivity index (χ0) is 13.4. The molecule has 19 heavy (non-hydrogen) atoms. The van der Waals surface area contributed by atoms with Crippen LogP contribution in [0.5, 0.6) is 0 Å². The van der Waals surface area contributed by atoms with Crippen molar-refractivity contribution in [3.05, 3.63) is 63.6 Å². The van der Waals surface area contributed by atoms with Crippen LogP contribution in [0.25, 0.3) is 0 Å². The van der Waals surface area contributed by atoms with E-state index >= 15 is 0 Å². The molecule has 0 atom stereocenters. The SMILES string of the molecule is Nc1ccc2c(c1)CN(C(=O)c1cccc(Br)c1)C2. The molecule has 0 unspecified atom stereocenters. The van der Waals surface area contributed by atoms with E-state index in [2.05, 4.69) is 15.9 Å². The van der Waals surface area contributed by atoms with Gasteiger partial charge in [0.1, 0.15) is 0 Å². The number of anilines is 1. The molecule has 0 spiro atoms. The highest BCUT2D eigenvalue weighted by molar-refractivity contribution is 9.10. The summed E-state index contributed by atoms with van der Waals surface area (Å²) in [5.41, 5.74) is 9.54. The summed E-state index contributed by atoms with van der Waals surface area (Å²) in [4.78, 5) is 14.3. The fourth-order valence-electron chi connectivity index (χ4n) is 2.36. The largest absolute Gasteiger partial charge is 0.399 e. The normalized spacial score (nSPS) is 13.4. The molecule has 1 amide bonds. The Hall–Kier alpha value is -1.81. The molecule has 2 aromatic carbocycles. The van der Waals surface area contributed by atoms with Gasteiger partial charge in [0, 0.05) is 28.8 Å². The zero-order valence-corrected chi connectivity index (χ0v) is 11.9. The monoisotopic (exact) mass is 316 g/mol. The van der Waals surface area contributed by atoms with Crippen LogP contribution in [-0.2, 0) is 13.1 Å². The average molecular weight is 317 g/mol. The third-order valence-electron chi connectivity index (χ3n) is 3.31. The summed E-state index contributed by atoms with van der Waals surface area (Å²) in [5.74, 6) is 0.0519. The van der Waals surface area contributed by atoms with Crippen LogP contribution in [0, 0.1) is 0 Å². The van der Waals surface area contributed by atoms with Gasteiger partial charge >= 0.3 is 0 Å². The molecule has 0 aromatic heterocycles. The van der Waals surface area contributed by atoms with Gasteiger partial charge in [0.15, 0.2) is 0 Å². The molecule has 0 radical (unpaired) electrons. The van der Waals surface area contributed by atoms with Gasteiger partial charge < -0.3 is 10.6 Å². The lowest BCUT2D eigenvalue weighted by Crippen LogP contribution is -2.25. The minimum atomic E-state index is 0.0519. The number of halogens is 1. The number of nitrogens with two attached hydrogens (primary N) is 1. The van der Waals surface area contributed by atoms with Crippen LogP contribution in [0.15, 0.2) is 46.9 Å². The fraction of sp³-hybridized carbons (Fsp3) is 0.133. The summed E-state index contributed by atoms with van der Waals surface area (Å²) >= 11 is 3.39. The molecule has 0 fully saturated rings. The van der Waals surface area contributed by atoms with Crippen molar-refractivity contribution >= 4 is 27.5 Å². The molecule has 2 aromatic rings. The molecule has 3 rings (SSSR count). The van der Waals surface area contributed by atoms with Crippen molar-refractivity contribution in [3.63, 3.8) is 0 Å². The smallest absolute Gasteiger partial charge is 0.254 e. The Bertz CT molecular complexity index is 654. The number of amides is 1. The minimum absolute atomic E-state index is 0.0519. The summed E-state index contributed by atoms with van der Waals surface area (Å²) in [6.45, 7) is 1.28. The second-order valence-electron chi connectivity index (χ2n) is 4.70. The Balaban J connectivity index is 1.85. The number of fused-ring (bicyclic) bond motifs is 1. The van der Waals surface area contributed by atoms with E-state index in [9.17, 15) is 4.79 Å². The van der Waals surface area contributed by atoms with Gasteiger partial charge in [0.25, 0.3) is 5.91 Å². The number of rotatable bonds is 1. The molecule has 0 saturated heterocycles. The van der Waals surface area contributed by atoms with Crippen molar-refractivity contribution in [2.24, 2.45) is 0 Å². The number of hydrogen-bond acceptors (Lipinski definition) is 2. The molecule has 1 aliphatic rings. The van der Waals surface area contributed by atoms with Crippen LogP contribution in [-0.4, -0.2) is 10.8 Å². The topological polar surface area (TPSA) is 46.3 Å². The van der Waals surface area contributed by atoms with E-state index in [-0.39, 0.29) is 5.91 Å². The van der Waals surface area contributed by atoms with E-state index in [1.54, 1.807) is 0 Å². The molecule has 3 nitrogen and oxygen atoms in total. The first-order valence-corrected chi connectivity index (χ1v) is 6.85. The molecule has 0 bridgehead atoms. The van der Waals surface area contributed by atoms with Gasteiger partial charge in [-0.25, -0.2) is 0 Å². The molecule has 1 aliphatic heterocycles. The number of nitrogen functional groups attached to an aromatic ring is 1. The molecular formula is C15H13BrN2O. The van der Waals surface area contributed by atoms with Gasteiger partial charge in [-0.2, -0.15) is 0 Å². The van der Waals surface area contributed by atoms with Crippen LogP contribution in [0.1, 0.15) is 21.5 Å². The van der Waals surface area contributed by atoms with E-state index < -0.39 is 0 Å². The summed E-state index contributed by atoms with van der Waals surface area (Å²) in [7, 11) is 0. The Kier molecular flexibility index (Phi) is 3.03. The highest BCUT2D eigenvalue weighted by Gasteiger charge is 2.24. The summed E-state index contributed by atoms with van der Waals surface area (Å²) < 4.78 is 0.916. The second kappa shape index (κ2) is 4.70. The van der Waals surface area contributed by atoms with Crippen molar-refractivity contribution in [3.8, 4) is 0 Å². The van der Waals surface area contributed by atoms with E-state index in [1.807, 2.05) is 47.4 Å². The van der Waals surface area contributed by atoms with Crippen LogP contribution in [0.3, 0.4) is 0 Å². The number of carbonyl (C=O) groups is 1. The number of benzene rings is 2. The highest BCUT2D eigenvalue weighted by Crippen LogP contribution is 2.26. The molecule has 96 valence electrons. The molecule has 0 saturated carbocycles. The van der Waals surface area contributed by atoms with Crippen LogP contribution >= 0.6 is 15.9 Å². The van der Waals surface area contributed by atoms with Gasteiger partial charge in [0.05, 0.1) is 0 Å². The van der Waals surface area contributed by atoms with Crippen LogP contribution in [0.2, 0.25) is 0 Å². The average Bonchev–Trinajstić information content (AvgIpc) is 2.80. The fourth-order valence-corrected chi connectivity index (χ4v) is 2.76. The van der Waals surface area contributed by atoms with Gasteiger partial charge in [-0.3, -0.25) is 4.79 Å². The Morgan fingerprint density at radius 1 is 1.11 bits per heavy atom. The summed E-state index contributed by atoms with van der Waals surface area (Å²) in [6.07, 6.45) is 0. The molecule has 4 heteroatoms. The van der Waals surface area contributed by atoms with Crippen molar-refractivity contribution in [2.45, 2.75) is 13.1 Å². The van der Waals surface area contributed by atoms with Crippen LogP contribution < -0.4 is 5.73 Å². The lowest BCUT2D eigenvalue weighted by Gasteiger charge is -2.15. The second-order valence-corrected chi connectivity index (χ2v) is 5.62. The van der Waals surface area contributed by atoms with Crippen molar-refractivity contribution < 1.29 is 4.79 Å². The first kappa shape index (κ1) is 12.2. The third kappa shape index (κ3) is 2.36. The Morgan fingerprint density at radius 3 is 2.68 bits per heavy atom. The van der Waals surface area contributed by atoms with E-state index in [1.165, 1.54) is 5.56 Å². The van der Waals surface area contributed by atoms with Crippen molar-refractivity contribution in [1.82, 2.24) is 4.90 Å². The first-order valence-electron chi connectivity index (χ1n) is 6.05. The van der Waals surface area contributed by atoms with E-state index in [4.69, 9.17) is 5.73 Å². The summed E-state index contributed by atoms with van der Waals surface area (Å²) in [5, 5.41) is 0. The maximum Gasteiger partial charge on any atom is 0.254 e. The zero-order valence-electron chi connectivity index (χ0n) is 10.3. The minimum Gasteiger partial charge on any atom is -0.399 e. The standard InChI is InChI=1S/C15H13BrN2O/c16-13-3-1-2-10(6-13)15(19)18-8-11-4-5-14(17)7-12(11)9-18/h1-7H,8-9,17H2. The maximum atomic E-state index is 12.4. The Morgan fingerprint density at radius 2 is 1.89 bits per heavy atom. The number of carbonyl (C=O) groups excluding carboxylic acids is 1. The molecule has 2 N–H and O–H groups in total. The van der Waals surface area contributed by atoms with Crippen LogP contribution in [0.4, 0.5) is 5.69 Å². The first-order chi connectivity index (χ1) is 9.13. The van der Waals surface area contributed by atoms with Crippen molar-refractivity contribution in [1.29, 1.82) is 0 Å². The summed E-state index contributed by atoms with van der Waals surface area (Å²) in [6, 6.07) is 13.3.